The Bertz CT molecular complexity index is 572. The van der Waals surface area contributed by atoms with Crippen molar-refractivity contribution in [1.29, 1.82) is 0 Å². The maximum Gasteiger partial charge on any atom is 0.122 e. The number of para-hydroxylation sites is 1. The van der Waals surface area contributed by atoms with Crippen molar-refractivity contribution >= 4 is 21.6 Å². The van der Waals surface area contributed by atoms with E-state index in [-0.39, 0.29) is 6.04 Å². The van der Waals surface area contributed by atoms with E-state index in [0.717, 1.165) is 21.5 Å². The van der Waals surface area contributed by atoms with Gasteiger partial charge in [-0.2, -0.15) is 0 Å². The Morgan fingerprint density at radius 1 is 1.21 bits per heavy atom. The van der Waals surface area contributed by atoms with Gasteiger partial charge in [0.15, 0.2) is 0 Å². The van der Waals surface area contributed by atoms with Crippen LogP contribution in [0.25, 0.3) is 0 Å². The number of hydrogen-bond acceptors (Lipinski definition) is 3. The summed E-state index contributed by atoms with van der Waals surface area (Å²) in [6, 6.07) is 13.1. The number of aromatic hydroxyl groups is 1. The summed E-state index contributed by atoms with van der Waals surface area (Å²) in [5.41, 5.74) is 1.79. The summed E-state index contributed by atoms with van der Waals surface area (Å²) in [5, 5.41) is 13.2. The molecule has 0 heterocycles. The number of hydrogen-bond donors (Lipinski definition) is 2. The van der Waals surface area contributed by atoms with Crippen LogP contribution in [0.15, 0.2) is 46.9 Å². The highest BCUT2D eigenvalue weighted by atomic mass is 79.9. The molecule has 2 N–H and O–H groups in total. The van der Waals surface area contributed by atoms with Crippen LogP contribution < -0.4 is 10.1 Å². The van der Waals surface area contributed by atoms with Crippen LogP contribution in [-0.2, 0) is 0 Å². The number of anilines is 1. The Morgan fingerprint density at radius 2 is 1.95 bits per heavy atom. The molecule has 0 aliphatic carbocycles. The molecule has 3 nitrogen and oxygen atoms in total. The highest BCUT2D eigenvalue weighted by molar-refractivity contribution is 9.10. The van der Waals surface area contributed by atoms with Crippen molar-refractivity contribution in [2.24, 2.45) is 0 Å². The molecule has 0 aromatic heterocycles. The van der Waals surface area contributed by atoms with Gasteiger partial charge in [0.2, 0.25) is 0 Å². The largest absolute Gasteiger partial charge is 0.508 e. The minimum absolute atomic E-state index is 0.000191. The van der Waals surface area contributed by atoms with Crippen LogP contribution in [0, 0.1) is 0 Å². The summed E-state index contributed by atoms with van der Waals surface area (Å²) in [4.78, 5) is 0. The van der Waals surface area contributed by atoms with Gasteiger partial charge < -0.3 is 15.2 Å². The van der Waals surface area contributed by atoms with Crippen LogP contribution in [0.1, 0.15) is 18.5 Å². The maximum atomic E-state index is 9.84. The number of methoxy groups -OCH3 is 1. The van der Waals surface area contributed by atoms with E-state index in [0.29, 0.717) is 5.75 Å². The van der Waals surface area contributed by atoms with E-state index in [9.17, 15) is 5.11 Å². The molecule has 4 heteroatoms. The van der Waals surface area contributed by atoms with Crippen LogP contribution in [0.3, 0.4) is 0 Å². The Morgan fingerprint density at radius 3 is 2.63 bits per heavy atom. The van der Waals surface area contributed by atoms with E-state index < -0.39 is 0 Å². The van der Waals surface area contributed by atoms with Crippen molar-refractivity contribution in [3.8, 4) is 11.5 Å². The van der Waals surface area contributed by atoms with Crippen molar-refractivity contribution in [2.45, 2.75) is 13.0 Å². The predicted molar refractivity (Wildman–Crippen MR) is 80.8 cm³/mol. The molecule has 2 rings (SSSR count). The second kappa shape index (κ2) is 5.97. The van der Waals surface area contributed by atoms with E-state index >= 15 is 0 Å². The first-order valence-electron chi connectivity index (χ1n) is 5.99. The molecule has 19 heavy (non-hydrogen) atoms. The third-order valence-corrected chi connectivity index (χ3v) is 3.35. The lowest BCUT2D eigenvalue weighted by Gasteiger charge is -2.17. The summed E-state index contributed by atoms with van der Waals surface area (Å²) in [6.07, 6.45) is 0. The van der Waals surface area contributed by atoms with Gasteiger partial charge in [-0.15, -0.1) is 0 Å². The van der Waals surface area contributed by atoms with Gasteiger partial charge in [0.05, 0.1) is 13.2 Å². The SMILES string of the molecule is COc1cc(Br)cc(NC(C)c2ccccc2O)c1. The van der Waals surface area contributed by atoms with E-state index in [1.807, 2.05) is 43.3 Å². The zero-order chi connectivity index (χ0) is 13.8. The molecule has 0 spiro atoms. The number of ether oxygens (including phenoxy) is 1. The number of benzene rings is 2. The van der Waals surface area contributed by atoms with Gasteiger partial charge in [0.25, 0.3) is 0 Å². The first-order valence-corrected chi connectivity index (χ1v) is 6.78. The maximum absolute atomic E-state index is 9.84. The average molecular weight is 322 g/mol. The van der Waals surface area contributed by atoms with Crippen molar-refractivity contribution in [3.05, 3.63) is 52.5 Å². The summed E-state index contributed by atoms with van der Waals surface area (Å²) in [5.74, 6) is 1.07. The van der Waals surface area contributed by atoms with Crippen LogP contribution in [0.2, 0.25) is 0 Å². The lowest BCUT2D eigenvalue weighted by molar-refractivity contribution is 0.414. The van der Waals surface area contributed by atoms with E-state index in [4.69, 9.17) is 4.74 Å². The minimum Gasteiger partial charge on any atom is -0.508 e. The summed E-state index contributed by atoms with van der Waals surface area (Å²) in [7, 11) is 1.64. The lowest BCUT2D eigenvalue weighted by Crippen LogP contribution is -2.06. The van der Waals surface area contributed by atoms with Gasteiger partial charge in [-0.3, -0.25) is 0 Å². The Balaban J connectivity index is 2.21. The molecular formula is C15H16BrNO2. The first kappa shape index (κ1) is 13.7. The fraction of sp³-hybridized carbons (Fsp3) is 0.200. The standard InChI is InChI=1S/C15H16BrNO2/c1-10(14-5-3-4-6-15(14)18)17-12-7-11(16)8-13(9-12)19-2/h3-10,17-18H,1-2H3. The second-order valence-electron chi connectivity index (χ2n) is 4.30. The number of rotatable bonds is 4. The van der Waals surface area contributed by atoms with E-state index in [1.165, 1.54) is 0 Å². The van der Waals surface area contributed by atoms with Gasteiger partial charge in [-0.1, -0.05) is 34.1 Å². The fourth-order valence-electron chi connectivity index (χ4n) is 1.95. The molecule has 0 amide bonds. The van der Waals surface area contributed by atoms with Crippen LogP contribution >= 0.6 is 15.9 Å². The average Bonchev–Trinajstić information content (AvgIpc) is 2.38. The van der Waals surface area contributed by atoms with Gasteiger partial charge in [0.1, 0.15) is 11.5 Å². The predicted octanol–water partition coefficient (Wildman–Crippen LogP) is 4.34. The molecule has 1 unspecified atom stereocenters. The molecule has 1 atom stereocenters. The third-order valence-electron chi connectivity index (χ3n) is 2.89. The third kappa shape index (κ3) is 3.41. The summed E-state index contributed by atoms with van der Waals surface area (Å²) in [6.45, 7) is 2.00. The van der Waals surface area contributed by atoms with Crippen LogP contribution in [0.4, 0.5) is 5.69 Å². The minimum atomic E-state index is 0.000191. The monoisotopic (exact) mass is 321 g/mol. The van der Waals surface area contributed by atoms with Crippen molar-refractivity contribution in [2.75, 3.05) is 12.4 Å². The molecule has 2 aromatic carbocycles. The van der Waals surface area contributed by atoms with Crippen LogP contribution in [0.5, 0.6) is 11.5 Å². The molecule has 0 saturated heterocycles. The first-order chi connectivity index (χ1) is 9.10. The van der Waals surface area contributed by atoms with Crippen molar-refractivity contribution in [3.63, 3.8) is 0 Å². The molecule has 0 radical (unpaired) electrons. The summed E-state index contributed by atoms with van der Waals surface area (Å²) >= 11 is 3.45. The quantitative estimate of drug-likeness (QED) is 0.880. The topological polar surface area (TPSA) is 41.5 Å². The Kier molecular flexibility index (Phi) is 4.32. The van der Waals surface area contributed by atoms with Crippen molar-refractivity contribution < 1.29 is 9.84 Å². The smallest absolute Gasteiger partial charge is 0.122 e. The van der Waals surface area contributed by atoms with Crippen molar-refractivity contribution in [1.82, 2.24) is 0 Å². The molecule has 0 aliphatic heterocycles. The highest BCUT2D eigenvalue weighted by Crippen LogP contribution is 2.30. The molecule has 100 valence electrons. The molecule has 0 bridgehead atoms. The van der Waals surface area contributed by atoms with Gasteiger partial charge in [-0.25, -0.2) is 0 Å². The van der Waals surface area contributed by atoms with E-state index in [2.05, 4.69) is 21.2 Å². The van der Waals surface area contributed by atoms with Gasteiger partial charge >= 0.3 is 0 Å². The van der Waals surface area contributed by atoms with Gasteiger partial charge in [-0.05, 0) is 25.1 Å². The second-order valence-corrected chi connectivity index (χ2v) is 5.22. The fourth-order valence-corrected chi connectivity index (χ4v) is 2.42. The summed E-state index contributed by atoms with van der Waals surface area (Å²) < 4.78 is 6.17. The highest BCUT2D eigenvalue weighted by Gasteiger charge is 2.10. The number of nitrogens with one attached hydrogen (secondary N) is 1. The lowest BCUT2D eigenvalue weighted by atomic mass is 10.1. The molecule has 0 aliphatic rings. The molecular weight excluding hydrogens is 306 g/mol. The van der Waals surface area contributed by atoms with Crippen LogP contribution in [-0.4, -0.2) is 12.2 Å². The number of phenols is 1. The Hall–Kier alpha value is -1.68. The zero-order valence-corrected chi connectivity index (χ0v) is 12.4. The number of phenolic OH excluding ortho intramolecular Hbond substituents is 1. The number of halogens is 1. The zero-order valence-electron chi connectivity index (χ0n) is 10.9. The Labute approximate surface area is 121 Å². The molecule has 0 saturated carbocycles. The normalized spacial score (nSPS) is 11.9. The molecule has 0 fully saturated rings. The molecule has 2 aromatic rings. The van der Waals surface area contributed by atoms with E-state index in [1.54, 1.807) is 13.2 Å². The van der Waals surface area contributed by atoms with Gasteiger partial charge in [0, 0.05) is 21.8 Å².